The lowest BCUT2D eigenvalue weighted by atomic mass is 10.0. The monoisotopic (exact) mass is 575 g/mol. The minimum absolute atomic E-state index is 0.160. The number of hydrogen-bond acceptors (Lipinski definition) is 6. The van der Waals surface area contributed by atoms with Crippen LogP contribution in [0.5, 0.6) is 0 Å². The minimum atomic E-state index is -3.62. The van der Waals surface area contributed by atoms with Crippen molar-refractivity contribution >= 4 is 35.1 Å². The molecule has 0 bridgehead atoms. The molecule has 8 nitrogen and oxygen atoms in total. The molecule has 0 aromatic heterocycles. The summed E-state index contributed by atoms with van der Waals surface area (Å²) in [6.45, 7) is 10.4. The molecule has 1 aliphatic carbocycles. The molecule has 2 amide bonds. The first-order valence-electron chi connectivity index (χ1n) is 12.6. The van der Waals surface area contributed by atoms with Gasteiger partial charge in [-0.1, -0.05) is 55.6 Å². The molecule has 11 heteroatoms. The van der Waals surface area contributed by atoms with Crippen molar-refractivity contribution in [3.63, 3.8) is 0 Å². The summed E-state index contributed by atoms with van der Waals surface area (Å²) in [6.07, 6.45) is 4.09. The van der Waals surface area contributed by atoms with Gasteiger partial charge < -0.3 is 20.9 Å². The lowest BCUT2D eigenvalue weighted by Crippen LogP contribution is -2.31. The highest BCUT2D eigenvalue weighted by atomic mass is 32.1. The Morgan fingerprint density at radius 1 is 1.12 bits per heavy atom. The predicted octanol–water partition coefficient (Wildman–Crippen LogP) is 5.61. The molecule has 40 heavy (non-hydrogen) atoms. The van der Waals surface area contributed by atoms with E-state index in [2.05, 4.69) is 10.6 Å². The lowest BCUT2D eigenvalue weighted by molar-refractivity contribution is -0.141. The number of alkyl halides is 2. The third-order valence-electron chi connectivity index (χ3n) is 6.41. The van der Waals surface area contributed by atoms with E-state index in [9.17, 15) is 23.2 Å². The van der Waals surface area contributed by atoms with Gasteiger partial charge in [-0.05, 0) is 69.4 Å². The van der Waals surface area contributed by atoms with Gasteiger partial charge in [0.2, 0.25) is 5.91 Å². The van der Waals surface area contributed by atoms with Crippen molar-refractivity contribution in [2.75, 3.05) is 0 Å². The Hall–Kier alpha value is -3.86. The van der Waals surface area contributed by atoms with Gasteiger partial charge in [-0.2, -0.15) is 0 Å². The van der Waals surface area contributed by atoms with Crippen molar-refractivity contribution in [1.82, 2.24) is 10.6 Å². The molecule has 0 radical (unpaired) electrons. The van der Waals surface area contributed by atoms with Crippen LogP contribution in [0, 0.1) is 18.8 Å². The zero-order valence-electron chi connectivity index (χ0n) is 23.3. The molecule has 3 atom stereocenters. The van der Waals surface area contributed by atoms with E-state index in [1.165, 1.54) is 12.2 Å². The number of benzene rings is 1. The van der Waals surface area contributed by atoms with E-state index in [-0.39, 0.29) is 22.0 Å². The fourth-order valence-electron chi connectivity index (χ4n) is 4.07. The number of ether oxygens (including phenoxy) is 1. The Bertz CT molecular complexity index is 1310. The Kier molecular flexibility index (Phi) is 10.9. The minimum Gasteiger partial charge on any atom is -0.481 e. The average Bonchev–Trinajstić information content (AvgIpc) is 3.46. The van der Waals surface area contributed by atoms with Crippen molar-refractivity contribution in [3.05, 3.63) is 81.9 Å². The summed E-state index contributed by atoms with van der Waals surface area (Å²) in [5.41, 5.74) is 9.46. The molecule has 5 N–H and O–H groups in total. The quantitative estimate of drug-likeness (QED) is 0.153. The number of nitrogens with one attached hydrogen (secondary N) is 2. The number of amides is 2. The van der Waals surface area contributed by atoms with E-state index in [0.29, 0.717) is 17.6 Å². The molecular formula is C29H35F2N3O5S. The summed E-state index contributed by atoms with van der Waals surface area (Å²) in [4.78, 5) is 36.4. The number of halogens is 2. The van der Waals surface area contributed by atoms with Crippen molar-refractivity contribution in [2.24, 2.45) is 17.6 Å². The van der Waals surface area contributed by atoms with Crippen LogP contribution in [0.25, 0.3) is 0 Å². The van der Waals surface area contributed by atoms with E-state index < -0.39 is 41.8 Å². The number of alkyl carbamates (subject to hydrolysis) is 1. The summed E-state index contributed by atoms with van der Waals surface area (Å²) >= 11 is 5.53. The van der Waals surface area contributed by atoms with Gasteiger partial charge in [0.05, 0.1) is 10.6 Å². The summed E-state index contributed by atoms with van der Waals surface area (Å²) in [5, 5.41) is 14.0. The molecule has 0 spiro atoms. The second-order valence-electron chi connectivity index (χ2n) is 9.60. The first kappa shape index (κ1) is 32.4. The van der Waals surface area contributed by atoms with Gasteiger partial charge in [0.15, 0.2) is 0 Å². The number of carbonyl (C=O) groups is 3. The number of aryl methyl sites for hydroxylation is 1. The molecule has 1 aliphatic rings. The van der Waals surface area contributed by atoms with Gasteiger partial charge in [-0.15, -0.1) is 0 Å². The maximum Gasteiger partial charge on any atom is 0.412 e. The standard InChI is InChI=1S/C29H35F2N3O5S/c1-7-10-16(3)21(33-26(35)22-23(27(36)37)29(22,30)31)14-13-17(4)25(40)24(18(5)32)34-28(38)39-19(6)20-12-9-8-11-15(20)2/h8-14,19,22-23H,7,32H2,1-6H3,(H,33,35)(H,34,38)(H,36,37)/b16-10+,17-13+,21-14+,24-18?. The highest BCUT2D eigenvalue weighted by Crippen LogP contribution is 2.55. The Morgan fingerprint density at radius 3 is 2.27 bits per heavy atom. The summed E-state index contributed by atoms with van der Waals surface area (Å²) in [5.74, 6) is -10.5. The molecule has 1 aromatic carbocycles. The van der Waals surface area contributed by atoms with E-state index >= 15 is 0 Å². The van der Waals surface area contributed by atoms with Gasteiger partial charge in [-0.3, -0.25) is 14.9 Å². The molecule has 0 aliphatic heterocycles. The van der Waals surface area contributed by atoms with Crippen molar-refractivity contribution < 1.29 is 33.0 Å². The van der Waals surface area contributed by atoms with Crippen LogP contribution in [-0.4, -0.2) is 33.9 Å². The van der Waals surface area contributed by atoms with E-state index in [4.69, 9.17) is 27.8 Å². The number of carboxylic acids is 1. The maximum atomic E-state index is 13.9. The van der Waals surface area contributed by atoms with Crippen molar-refractivity contribution in [1.29, 1.82) is 0 Å². The average molecular weight is 576 g/mol. The van der Waals surface area contributed by atoms with Crippen LogP contribution in [0.2, 0.25) is 0 Å². The molecule has 1 fully saturated rings. The number of rotatable bonds is 11. The van der Waals surface area contributed by atoms with Gasteiger partial charge in [-0.25, -0.2) is 13.6 Å². The number of hydrogen-bond donors (Lipinski definition) is 4. The number of nitrogens with two attached hydrogens (primary N) is 1. The molecular weight excluding hydrogens is 540 g/mol. The smallest absolute Gasteiger partial charge is 0.412 e. The molecule has 2 rings (SSSR count). The van der Waals surface area contributed by atoms with Gasteiger partial charge in [0, 0.05) is 11.4 Å². The second kappa shape index (κ2) is 13.5. The van der Waals surface area contributed by atoms with Crippen LogP contribution in [0.1, 0.15) is 58.3 Å². The highest BCUT2D eigenvalue weighted by Gasteiger charge is 2.76. The zero-order valence-corrected chi connectivity index (χ0v) is 24.1. The van der Waals surface area contributed by atoms with Crippen LogP contribution >= 0.6 is 12.2 Å². The van der Waals surface area contributed by atoms with Crippen LogP contribution in [0.3, 0.4) is 0 Å². The Labute approximate surface area is 238 Å². The van der Waals surface area contributed by atoms with Crippen LogP contribution < -0.4 is 16.4 Å². The van der Waals surface area contributed by atoms with Gasteiger partial charge >= 0.3 is 12.1 Å². The molecule has 0 heterocycles. The first-order valence-corrected chi connectivity index (χ1v) is 13.1. The zero-order chi connectivity index (χ0) is 30.4. The van der Waals surface area contributed by atoms with Gasteiger partial charge in [0.25, 0.3) is 5.92 Å². The third kappa shape index (κ3) is 7.84. The third-order valence-corrected chi connectivity index (χ3v) is 6.94. The fourth-order valence-corrected chi connectivity index (χ4v) is 4.35. The van der Waals surface area contributed by atoms with E-state index in [1.54, 1.807) is 33.8 Å². The molecule has 216 valence electrons. The second-order valence-corrected chi connectivity index (χ2v) is 10.0. The van der Waals surface area contributed by atoms with Crippen LogP contribution in [0.4, 0.5) is 13.6 Å². The predicted molar refractivity (Wildman–Crippen MR) is 152 cm³/mol. The topological polar surface area (TPSA) is 131 Å². The number of carbonyl (C=O) groups excluding carboxylic acids is 2. The summed E-state index contributed by atoms with van der Waals surface area (Å²) < 4.78 is 33.3. The molecule has 1 aromatic rings. The van der Waals surface area contributed by atoms with E-state index in [1.807, 2.05) is 38.1 Å². The fraction of sp³-hybridized carbons (Fsp3) is 0.379. The number of allylic oxidation sites excluding steroid dienone is 6. The summed E-state index contributed by atoms with van der Waals surface area (Å²) in [7, 11) is 0. The van der Waals surface area contributed by atoms with Gasteiger partial charge in [0.1, 0.15) is 17.9 Å². The SMILES string of the molecule is CC/C=C(C)/C(=C\C=C(/C)C(=S)C(NC(=O)OC(C)c1ccccc1C)=C(C)N)NC(=O)C1C(C(=O)O)C1(F)F. The van der Waals surface area contributed by atoms with Crippen molar-refractivity contribution in [3.8, 4) is 0 Å². The van der Waals surface area contributed by atoms with E-state index in [0.717, 1.165) is 11.1 Å². The Balaban J connectivity index is 2.22. The lowest BCUT2D eigenvalue weighted by Gasteiger charge is -2.18. The number of thiocarbonyl (C=S) groups is 1. The normalized spacial score (nSPS) is 20.1. The van der Waals surface area contributed by atoms with Crippen molar-refractivity contribution in [2.45, 2.75) is 60.0 Å². The molecule has 3 unspecified atom stereocenters. The maximum absolute atomic E-state index is 13.9. The largest absolute Gasteiger partial charge is 0.481 e. The summed E-state index contributed by atoms with van der Waals surface area (Å²) in [6, 6.07) is 7.51. The number of aliphatic carboxylic acids is 1. The highest BCUT2D eigenvalue weighted by molar-refractivity contribution is 7.81. The number of carboxylic acid groups (broad SMARTS) is 1. The first-order chi connectivity index (χ1) is 18.6. The Morgan fingerprint density at radius 2 is 1.75 bits per heavy atom. The molecule has 1 saturated carbocycles. The van der Waals surface area contributed by atoms with Crippen LogP contribution in [0.15, 0.2) is 70.7 Å². The molecule has 0 saturated heterocycles. The van der Waals surface area contributed by atoms with Crippen LogP contribution in [-0.2, 0) is 14.3 Å².